The van der Waals surface area contributed by atoms with Gasteiger partial charge in [0.15, 0.2) is 0 Å². The molecule has 0 radical (unpaired) electrons. The van der Waals surface area contributed by atoms with Gasteiger partial charge < -0.3 is 15.0 Å². The van der Waals surface area contributed by atoms with Crippen molar-refractivity contribution < 1.29 is 23.1 Å². The third-order valence-corrected chi connectivity index (χ3v) is 4.33. The number of hydrogen-bond donors (Lipinski definition) is 2. The largest absolute Gasteiger partial charge is 0.416 e. The third kappa shape index (κ3) is 4.09. The maximum absolute atomic E-state index is 13.0. The fraction of sp³-hybridized carbons (Fsp3) is 0.421. The molecule has 2 N–H and O–H groups in total. The molecule has 142 valence electrons. The molecule has 2 aromatic rings. The summed E-state index contributed by atoms with van der Waals surface area (Å²) < 4.78 is 41.1. The van der Waals surface area contributed by atoms with Crippen molar-refractivity contribution in [1.82, 2.24) is 9.88 Å². The van der Waals surface area contributed by atoms with Crippen LogP contribution in [0.4, 0.5) is 13.2 Å². The first-order chi connectivity index (χ1) is 12.0. The van der Waals surface area contributed by atoms with Crippen molar-refractivity contribution in [2.75, 3.05) is 6.54 Å². The molecule has 0 aliphatic heterocycles. The molecule has 0 bridgehead atoms. The van der Waals surface area contributed by atoms with Gasteiger partial charge in [-0.2, -0.15) is 13.2 Å². The van der Waals surface area contributed by atoms with Crippen LogP contribution in [-0.2, 0) is 6.18 Å². The Labute approximate surface area is 150 Å². The van der Waals surface area contributed by atoms with E-state index in [4.69, 9.17) is 0 Å². The lowest BCUT2D eigenvalue weighted by molar-refractivity contribution is -0.139. The van der Waals surface area contributed by atoms with Crippen LogP contribution in [0.15, 0.2) is 30.3 Å². The summed E-state index contributed by atoms with van der Waals surface area (Å²) in [5.41, 5.74) is 0.992. The number of aromatic nitrogens is 1. The van der Waals surface area contributed by atoms with Crippen molar-refractivity contribution in [1.29, 1.82) is 0 Å². The van der Waals surface area contributed by atoms with E-state index in [1.807, 2.05) is 32.3 Å². The number of halogens is 3. The minimum absolute atomic E-state index is 0.181. The number of carbonyl (C=O) groups excluding carboxylic acids is 1. The number of benzene rings is 1. The van der Waals surface area contributed by atoms with Crippen LogP contribution in [0.1, 0.15) is 58.9 Å². The van der Waals surface area contributed by atoms with Gasteiger partial charge >= 0.3 is 6.18 Å². The third-order valence-electron chi connectivity index (χ3n) is 4.33. The first kappa shape index (κ1) is 20.0. The first-order valence-corrected chi connectivity index (χ1v) is 8.34. The number of aliphatic hydroxyl groups excluding tert-OH is 1. The van der Waals surface area contributed by atoms with E-state index in [0.717, 1.165) is 17.5 Å². The zero-order valence-electron chi connectivity index (χ0n) is 15.2. The smallest absolute Gasteiger partial charge is 0.387 e. The molecule has 0 saturated carbocycles. The van der Waals surface area contributed by atoms with Gasteiger partial charge in [-0.25, -0.2) is 0 Å². The van der Waals surface area contributed by atoms with Crippen LogP contribution < -0.4 is 5.32 Å². The molecule has 4 nitrogen and oxygen atoms in total. The van der Waals surface area contributed by atoms with Crippen LogP contribution in [0, 0.1) is 13.8 Å². The average molecular weight is 368 g/mol. The molecule has 0 spiro atoms. The lowest BCUT2D eigenvalue weighted by Gasteiger charge is -2.18. The van der Waals surface area contributed by atoms with Crippen LogP contribution in [0.5, 0.6) is 0 Å². The highest BCUT2D eigenvalue weighted by molar-refractivity contribution is 5.95. The van der Waals surface area contributed by atoms with E-state index in [1.165, 1.54) is 18.2 Å². The zero-order chi connectivity index (χ0) is 19.6. The second-order valence-corrected chi connectivity index (χ2v) is 6.56. The summed E-state index contributed by atoms with van der Waals surface area (Å²) in [6.07, 6.45) is -6.02. The van der Waals surface area contributed by atoms with Gasteiger partial charge in [-0.05, 0) is 45.4 Å². The predicted molar refractivity (Wildman–Crippen MR) is 93.0 cm³/mol. The summed E-state index contributed by atoms with van der Waals surface area (Å²) >= 11 is 0. The second kappa shape index (κ2) is 7.53. The van der Waals surface area contributed by atoms with Crippen molar-refractivity contribution in [2.24, 2.45) is 0 Å². The minimum atomic E-state index is -4.57. The number of aryl methyl sites for hydroxylation is 1. The molecular formula is C19H23F3N2O2. The topological polar surface area (TPSA) is 54.3 Å². The molecule has 1 atom stereocenters. The Morgan fingerprint density at radius 2 is 1.85 bits per heavy atom. The molecule has 2 rings (SSSR count). The summed E-state index contributed by atoms with van der Waals surface area (Å²) in [5, 5.41) is 12.7. The maximum atomic E-state index is 13.0. The fourth-order valence-electron chi connectivity index (χ4n) is 3.24. The molecule has 1 heterocycles. The molecule has 1 aromatic carbocycles. The molecule has 0 aliphatic carbocycles. The normalized spacial score (nSPS) is 13.1. The molecule has 0 aliphatic rings. The SMILES string of the molecule is Cc1cc(C(=O)NC[C@@H](O)c2ccccc2C(F)(F)F)c(C)n1C(C)C. The number of carbonyl (C=O) groups is 1. The monoisotopic (exact) mass is 368 g/mol. The molecule has 1 amide bonds. The van der Waals surface area contributed by atoms with Gasteiger partial charge in [-0.3, -0.25) is 4.79 Å². The number of nitrogens with one attached hydrogen (secondary N) is 1. The zero-order valence-corrected chi connectivity index (χ0v) is 15.2. The van der Waals surface area contributed by atoms with Crippen LogP contribution in [0.2, 0.25) is 0 Å². The maximum Gasteiger partial charge on any atom is 0.416 e. The molecular weight excluding hydrogens is 345 g/mol. The van der Waals surface area contributed by atoms with Crippen LogP contribution in [0.25, 0.3) is 0 Å². The Kier molecular flexibility index (Phi) is 5.81. The Hall–Kier alpha value is -2.28. The molecule has 26 heavy (non-hydrogen) atoms. The second-order valence-electron chi connectivity index (χ2n) is 6.56. The van der Waals surface area contributed by atoms with Gasteiger partial charge in [0.1, 0.15) is 0 Å². The van der Waals surface area contributed by atoms with E-state index in [-0.39, 0.29) is 18.2 Å². The van der Waals surface area contributed by atoms with Crippen molar-refractivity contribution in [3.05, 3.63) is 58.4 Å². The lowest BCUT2D eigenvalue weighted by Crippen LogP contribution is -2.29. The van der Waals surface area contributed by atoms with Crippen molar-refractivity contribution in [2.45, 2.75) is 46.0 Å². The van der Waals surface area contributed by atoms with Gasteiger partial charge in [-0.15, -0.1) is 0 Å². The lowest BCUT2D eigenvalue weighted by atomic mass is 10.0. The Bertz CT molecular complexity index is 795. The van der Waals surface area contributed by atoms with Crippen LogP contribution in [-0.4, -0.2) is 22.1 Å². The average Bonchev–Trinajstić information content (AvgIpc) is 2.86. The van der Waals surface area contributed by atoms with Gasteiger partial charge in [0.2, 0.25) is 0 Å². The van der Waals surface area contributed by atoms with E-state index in [1.54, 1.807) is 6.07 Å². The van der Waals surface area contributed by atoms with Crippen molar-refractivity contribution in [3.63, 3.8) is 0 Å². The van der Waals surface area contributed by atoms with Crippen molar-refractivity contribution in [3.8, 4) is 0 Å². The number of nitrogens with zero attached hydrogens (tertiary/aromatic N) is 1. The van der Waals surface area contributed by atoms with Gasteiger partial charge in [0, 0.05) is 24.0 Å². The minimum Gasteiger partial charge on any atom is -0.387 e. The summed E-state index contributed by atoms with van der Waals surface area (Å²) in [7, 11) is 0. The quantitative estimate of drug-likeness (QED) is 0.832. The van der Waals surface area contributed by atoms with Gasteiger partial charge in [0.25, 0.3) is 5.91 Å². The number of hydrogen-bond acceptors (Lipinski definition) is 2. The number of amides is 1. The summed E-state index contributed by atoms with van der Waals surface area (Å²) in [5.74, 6) is -0.423. The van der Waals surface area contributed by atoms with E-state index in [2.05, 4.69) is 5.32 Å². The Balaban J connectivity index is 2.15. The molecule has 0 unspecified atom stereocenters. The van der Waals surface area contributed by atoms with Gasteiger partial charge in [-0.1, -0.05) is 18.2 Å². The number of aliphatic hydroxyl groups is 1. The predicted octanol–water partition coefficient (Wildman–Crippen LogP) is 4.17. The Morgan fingerprint density at radius 1 is 1.23 bits per heavy atom. The Morgan fingerprint density at radius 3 is 2.38 bits per heavy atom. The first-order valence-electron chi connectivity index (χ1n) is 8.34. The fourth-order valence-corrected chi connectivity index (χ4v) is 3.24. The van der Waals surface area contributed by atoms with E-state index >= 15 is 0 Å². The number of alkyl halides is 3. The standard InChI is InChI=1S/C19H23F3N2O2/c1-11(2)24-12(3)9-15(13(24)4)18(26)23-10-17(25)14-7-5-6-8-16(14)19(20,21)22/h5-9,11,17,25H,10H2,1-4H3,(H,23,26)/t17-/m1/s1. The highest BCUT2D eigenvalue weighted by Gasteiger charge is 2.34. The van der Waals surface area contributed by atoms with Crippen molar-refractivity contribution >= 4 is 5.91 Å². The van der Waals surface area contributed by atoms with Crippen LogP contribution in [0.3, 0.4) is 0 Å². The number of rotatable bonds is 5. The summed E-state index contributed by atoms with van der Waals surface area (Å²) in [4.78, 5) is 12.4. The summed E-state index contributed by atoms with van der Waals surface area (Å²) in [6.45, 7) is 7.39. The molecule has 0 saturated heterocycles. The molecule has 1 aromatic heterocycles. The van der Waals surface area contributed by atoms with E-state index in [0.29, 0.717) is 5.56 Å². The van der Waals surface area contributed by atoms with E-state index in [9.17, 15) is 23.1 Å². The summed E-state index contributed by atoms with van der Waals surface area (Å²) in [6, 6.07) is 6.73. The van der Waals surface area contributed by atoms with Crippen LogP contribution >= 0.6 is 0 Å². The van der Waals surface area contributed by atoms with E-state index < -0.39 is 23.8 Å². The molecule has 7 heteroatoms. The highest BCUT2D eigenvalue weighted by atomic mass is 19.4. The molecule has 0 fully saturated rings. The highest BCUT2D eigenvalue weighted by Crippen LogP contribution is 2.34. The van der Waals surface area contributed by atoms with Gasteiger partial charge in [0.05, 0.1) is 17.2 Å².